The Bertz CT molecular complexity index is 584. The third-order valence-corrected chi connectivity index (χ3v) is 3.22. The Labute approximate surface area is 118 Å². The lowest BCUT2D eigenvalue weighted by Gasteiger charge is -2.07. The van der Waals surface area contributed by atoms with E-state index in [9.17, 15) is 4.79 Å². The van der Waals surface area contributed by atoms with E-state index < -0.39 is 0 Å². The van der Waals surface area contributed by atoms with Gasteiger partial charge in [0.05, 0.1) is 6.54 Å². The van der Waals surface area contributed by atoms with Gasteiger partial charge in [-0.1, -0.05) is 12.1 Å². The average molecular weight is 275 g/mol. The van der Waals surface area contributed by atoms with E-state index in [-0.39, 0.29) is 5.69 Å². The fourth-order valence-electron chi connectivity index (χ4n) is 2.05. The largest absolute Gasteiger partial charge is 0.492 e. The van der Waals surface area contributed by atoms with E-state index in [0.29, 0.717) is 26.2 Å². The number of hydrogen-bond donors (Lipinski definition) is 1. The summed E-state index contributed by atoms with van der Waals surface area (Å²) in [6.07, 6.45) is 4.46. The van der Waals surface area contributed by atoms with Crippen LogP contribution < -0.4 is 16.2 Å². The molecule has 1 aromatic heterocycles. The van der Waals surface area contributed by atoms with Crippen molar-refractivity contribution in [3.63, 3.8) is 0 Å². The number of imidazole rings is 1. The fraction of sp³-hybridized carbons (Fsp3) is 0.400. The SMILES string of the molecule is CCn1ccn(CCOc2ccc(CCN)cc2)c1=O. The van der Waals surface area contributed by atoms with Crippen LogP contribution in [0.3, 0.4) is 0 Å². The molecule has 0 radical (unpaired) electrons. The van der Waals surface area contributed by atoms with E-state index in [4.69, 9.17) is 10.5 Å². The Hall–Kier alpha value is -2.01. The summed E-state index contributed by atoms with van der Waals surface area (Å²) in [5.41, 5.74) is 6.72. The van der Waals surface area contributed by atoms with Crippen LogP contribution in [-0.4, -0.2) is 22.3 Å². The monoisotopic (exact) mass is 275 g/mol. The molecule has 20 heavy (non-hydrogen) atoms. The van der Waals surface area contributed by atoms with Crippen LogP contribution in [0, 0.1) is 0 Å². The lowest BCUT2D eigenvalue weighted by molar-refractivity contribution is 0.296. The molecule has 0 unspecified atom stereocenters. The van der Waals surface area contributed by atoms with Crippen molar-refractivity contribution in [1.29, 1.82) is 0 Å². The molecule has 2 aromatic rings. The van der Waals surface area contributed by atoms with E-state index in [0.717, 1.165) is 12.2 Å². The van der Waals surface area contributed by atoms with Crippen LogP contribution >= 0.6 is 0 Å². The van der Waals surface area contributed by atoms with Crippen molar-refractivity contribution in [2.75, 3.05) is 13.2 Å². The highest BCUT2D eigenvalue weighted by Crippen LogP contribution is 2.12. The minimum absolute atomic E-state index is 0.00870. The van der Waals surface area contributed by atoms with Gasteiger partial charge in [-0.25, -0.2) is 4.79 Å². The van der Waals surface area contributed by atoms with Gasteiger partial charge in [0, 0.05) is 18.9 Å². The van der Waals surface area contributed by atoms with E-state index in [2.05, 4.69) is 0 Å². The van der Waals surface area contributed by atoms with Crippen LogP contribution in [0.4, 0.5) is 0 Å². The van der Waals surface area contributed by atoms with Gasteiger partial charge in [0.25, 0.3) is 0 Å². The van der Waals surface area contributed by atoms with Gasteiger partial charge in [0.2, 0.25) is 0 Å². The Morgan fingerprint density at radius 1 is 1.15 bits per heavy atom. The molecule has 0 amide bonds. The zero-order valence-electron chi connectivity index (χ0n) is 11.8. The first-order valence-corrected chi connectivity index (χ1v) is 6.92. The van der Waals surface area contributed by atoms with Gasteiger partial charge in [-0.2, -0.15) is 0 Å². The van der Waals surface area contributed by atoms with Crippen LogP contribution in [0.15, 0.2) is 41.5 Å². The van der Waals surface area contributed by atoms with Crippen molar-refractivity contribution < 1.29 is 4.74 Å². The second-order valence-electron chi connectivity index (χ2n) is 4.59. The number of hydrogen-bond acceptors (Lipinski definition) is 3. The third kappa shape index (κ3) is 3.51. The summed E-state index contributed by atoms with van der Waals surface area (Å²) in [5.74, 6) is 0.814. The number of nitrogens with zero attached hydrogens (tertiary/aromatic N) is 2. The molecule has 0 aliphatic rings. The maximum absolute atomic E-state index is 11.8. The summed E-state index contributed by atoms with van der Waals surface area (Å²) in [7, 11) is 0. The first-order valence-electron chi connectivity index (χ1n) is 6.92. The van der Waals surface area contributed by atoms with Crippen molar-refractivity contribution in [2.45, 2.75) is 26.4 Å². The van der Waals surface area contributed by atoms with Gasteiger partial charge in [-0.3, -0.25) is 9.13 Å². The lowest BCUT2D eigenvalue weighted by Crippen LogP contribution is -2.25. The highest BCUT2D eigenvalue weighted by atomic mass is 16.5. The lowest BCUT2D eigenvalue weighted by atomic mass is 10.1. The first kappa shape index (κ1) is 14.4. The zero-order valence-corrected chi connectivity index (χ0v) is 11.8. The zero-order chi connectivity index (χ0) is 14.4. The predicted octanol–water partition coefficient (Wildman–Crippen LogP) is 1.25. The molecule has 0 saturated heterocycles. The van der Waals surface area contributed by atoms with E-state index in [1.807, 2.05) is 31.2 Å². The van der Waals surface area contributed by atoms with Gasteiger partial charge in [0.15, 0.2) is 0 Å². The molecule has 1 aromatic carbocycles. The molecular formula is C15H21N3O2. The van der Waals surface area contributed by atoms with Crippen molar-refractivity contribution in [3.8, 4) is 5.75 Å². The highest BCUT2D eigenvalue weighted by molar-refractivity contribution is 5.27. The van der Waals surface area contributed by atoms with Gasteiger partial charge in [0.1, 0.15) is 12.4 Å². The molecule has 108 valence electrons. The Balaban J connectivity index is 1.86. The highest BCUT2D eigenvalue weighted by Gasteiger charge is 2.01. The number of ether oxygens (including phenoxy) is 1. The fourth-order valence-corrected chi connectivity index (χ4v) is 2.05. The van der Waals surface area contributed by atoms with Crippen LogP contribution in [0.2, 0.25) is 0 Å². The summed E-state index contributed by atoms with van der Waals surface area (Å²) >= 11 is 0. The van der Waals surface area contributed by atoms with Gasteiger partial charge < -0.3 is 10.5 Å². The van der Waals surface area contributed by atoms with E-state index in [1.54, 1.807) is 21.5 Å². The molecule has 1 heterocycles. The maximum Gasteiger partial charge on any atom is 0.328 e. The second kappa shape index (κ2) is 6.96. The summed E-state index contributed by atoms with van der Waals surface area (Å²) in [5, 5.41) is 0. The predicted molar refractivity (Wildman–Crippen MR) is 79.1 cm³/mol. The molecule has 0 fully saturated rings. The number of benzene rings is 1. The first-order chi connectivity index (χ1) is 9.74. The van der Waals surface area contributed by atoms with Crippen LogP contribution in [0.5, 0.6) is 5.75 Å². The molecule has 0 bridgehead atoms. The summed E-state index contributed by atoms with van der Waals surface area (Å²) in [6.45, 7) is 4.32. The molecule has 0 aliphatic carbocycles. The van der Waals surface area contributed by atoms with E-state index >= 15 is 0 Å². The third-order valence-electron chi connectivity index (χ3n) is 3.22. The van der Waals surface area contributed by atoms with Crippen LogP contribution in [0.1, 0.15) is 12.5 Å². The smallest absolute Gasteiger partial charge is 0.328 e. The minimum atomic E-state index is 0.00870. The molecule has 0 saturated carbocycles. The van der Waals surface area contributed by atoms with Crippen molar-refractivity contribution in [2.24, 2.45) is 5.73 Å². The minimum Gasteiger partial charge on any atom is -0.492 e. The average Bonchev–Trinajstić information content (AvgIpc) is 2.82. The Morgan fingerprint density at radius 2 is 1.85 bits per heavy atom. The number of aryl methyl sites for hydroxylation is 1. The number of nitrogens with two attached hydrogens (primary N) is 1. The molecular weight excluding hydrogens is 254 g/mol. The molecule has 2 rings (SSSR count). The normalized spacial score (nSPS) is 10.7. The van der Waals surface area contributed by atoms with Gasteiger partial charge >= 0.3 is 5.69 Å². The summed E-state index contributed by atoms with van der Waals surface area (Å²) in [6, 6.07) is 7.90. The van der Waals surface area contributed by atoms with Crippen molar-refractivity contribution in [1.82, 2.24) is 9.13 Å². The van der Waals surface area contributed by atoms with E-state index in [1.165, 1.54) is 5.56 Å². The number of aromatic nitrogens is 2. The molecule has 2 N–H and O–H groups in total. The summed E-state index contributed by atoms with van der Waals surface area (Å²) in [4.78, 5) is 11.8. The van der Waals surface area contributed by atoms with Crippen LogP contribution in [0.25, 0.3) is 0 Å². The van der Waals surface area contributed by atoms with Crippen LogP contribution in [-0.2, 0) is 19.5 Å². The standard InChI is InChI=1S/C15H21N3O2/c1-2-17-9-10-18(15(17)19)11-12-20-14-5-3-13(4-6-14)7-8-16/h3-6,9-10H,2,7-8,11-12,16H2,1H3. The Morgan fingerprint density at radius 3 is 2.45 bits per heavy atom. The Kier molecular flexibility index (Phi) is 5.01. The van der Waals surface area contributed by atoms with Crippen molar-refractivity contribution >= 4 is 0 Å². The van der Waals surface area contributed by atoms with Crippen molar-refractivity contribution in [3.05, 3.63) is 52.7 Å². The molecule has 0 spiro atoms. The maximum atomic E-state index is 11.8. The van der Waals surface area contributed by atoms with Gasteiger partial charge in [-0.05, 0) is 37.6 Å². The second-order valence-corrected chi connectivity index (χ2v) is 4.59. The molecule has 5 heteroatoms. The number of rotatable bonds is 7. The molecule has 0 aliphatic heterocycles. The molecule has 0 atom stereocenters. The topological polar surface area (TPSA) is 62.2 Å². The van der Waals surface area contributed by atoms with Gasteiger partial charge in [-0.15, -0.1) is 0 Å². The quantitative estimate of drug-likeness (QED) is 0.827. The molecule has 5 nitrogen and oxygen atoms in total. The summed E-state index contributed by atoms with van der Waals surface area (Å²) < 4.78 is 8.97.